The number of carbonyl (C=O) groups excluding carboxylic acids is 1. The molecule has 1 aromatic rings. The zero-order valence-corrected chi connectivity index (χ0v) is 11.8. The average Bonchev–Trinajstić information content (AvgIpc) is 2.42. The topological polar surface area (TPSA) is 64.4 Å². The molecule has 0 heterocycles. The fraction of sp³-hybridized carbons (Fsp3) is 0.533. The molecule has 4 heteroatoms. The summed E-state index contributed by atoms with van der Waals surface area (Å²) in [6.07, 6.45) is 3.68. The van der Waals surface area contributed by atoms with Gasteiger partial charge in [-0.1, -0.05) is 32.8 Å². The van der Waals surface area contributed by atoms with Crippen LogP contribution in [0.4, 0.5) is 5.69 Å². The molecule has 0 radical (unpaired) electrons. The van der Waals surface area contributed by atoms with Gasteiger partial charge in [0.15, 0.2) is 0 Å². The van der Waals surface area contributed by atoms with Gasteiger partial charge < -0.3 is 15.8 Å². The van der Waals surface area contributed by atoms with Gasteiger partial charge in [-0.25, -0.2) is 0 Å². The first kappa shape index (κ1) is 15.5. The molecular formula is C15H24N2O2. The van der Waals surface area contributed by atoms with Crippen LogP contribution in [0.2, 0.25) is 0 Å². The van der Waals surface area contributed by atoms with E-state index in [9.17, 15) is 4.79 Å². The second kappa shape index (κ2) is 8.53. The van der Waals surface area contributed by atoms with Gasteiger partial charge in [-0.3, -0.25) is 4.79 Å². The summed E-state index contributed by atoms with van der Waals surface area (Å²) in [4.78, 5) is 11.9. The highest BCUT2D eigenvalue weighted by atomic mass is 16.5. The Hall–Kier alpha value is -1.55. The van der Waals surface area contributed by atoms with E-state index in [4.69, 9.17) is 10.5 Å². The zero-order chi connectivity index (χ0) is 14.1. The number of amides is 1. The Balaban J connectivity index is 2.53. The summed E-state index contributed by atoms with van der Waals surface area (Å²) in [6.45, 7) is 4.81. The van der Waals surface area contributed by atoms with E-state index in [-0.39, 0.29) is 5.91 Å². The molecule has 0 aliphatic heterocycles. The summed E-state index contributed by atoms with van der Waals surface area (Å²) in [6, 6.07) is 6.95. The Kier molecular flexibility index (Phi) is 6.97. The smallest absolute Gasteiger partial charge is 0.241 e. The summed E-state index contributed by atoms with van der Waals surface area (Å²) in [5, 5.41) is 2.82. The first-order valence-corrected chi connectivity index (χ1v) is 6.96. The SMILES string of the molecule is CCCC[C@H](N)C(=O)Nc1cccc(OCCC)c1. The molecule has 0 unspecified atom stereocenters. The number of hydrogen-bond acceptors (Lipinski definition) is 3. The van der Waals surface area contributed by atoms with Crippen LogP contribution in [0.5, 0.6) is 5.75 Å². The van der Waals surface area contributed by atoms with Crippen molar-refractivity contribution in [1.29, 1.82) is 0 Å². The maximum Gasteiger partial charge on any atom is 0.241 e. The highest BCUT2D eigenvalue weighted by molar-refractivity contribution is 5.94. The minimum Gasteiger partial charge on any atom is -0.494 e. The highest BCUT2D eigenvalue weighted by Gasteiger charge is 2.12. The van der Waals surface area contributed by atoms with E-state index in [1.54, 1.807) is 0 Å². The molecule has 1 atom stereocenters. The van der Waals surface area contributed by atoms with Crippen LogP contribution in [0.25, 0.3) is 0 Å². The molecule has 3 N–H and O–H groups in total. The lowest BCUT2D eigenvalue weighted by molar-refractivity contribution is -0.117. The largest absolute Gasteiger partial charge is 0.494 e. The van der Waals surface area contributed by atoms with Gasteiger partial charge in [0.05, 0.1) is 12.6 Å². The van der Waals surface area contributed by atoms with Crippen LogP contribution in [-0.4, -0.2) is 18.6 Å². The number of anilines is 1. The molecule has 4 nitrogen and oxygen atoms in total. The molecule has 106 valence electrons. The lowest BCUT2D eigenvalue weighted by atomic mass is 10.1. The predicted molar refractivity (Wildman–Crippen MR) is 78.4 cm³/mol. The number of unbranched alkanes of at least 4 members (excludes halogenated alkanes) is 1. The second-order valence-corrected chi connectivity index (χ2v) is 4.61. The molecular weight excluding hydrogens is 240 g/mol. The number of carbonyl (C=O) groups is 1. The van der Waals surface area contributed by atoms with E-state index >= 15 is 0 Å². The van der Waals surface area contributed by atoms with Gasteiger partial charge in [-0.15, -0.1) is 0 Å². The van der Waals surface area contributed by atoms with Crippen molar-refractivity contribution in [1.82, 2.24) is 0 Å². The summed E-state index contributed by atoms with van der Waals surface area (Å²) in [5.41, 5.74) is 6.55. The lowest BCUT2D eigenvalue weighted by Crippen LogP contribution is -2.35. The quantitative estimate of drug-likeness (QED) is 0.758. The minimum atomic E-state index is -0.444. The monoisotopic (exact) mass is 264 g/mol. The van der Waals surface area contributed by atoms with Crippen molar-refractivity contribution >= 4 is 11.6 Å². The number of ether oxygens (including phenoxy) is 1. The summed E-state index contributed by atoms with van der Waals surface area (Å²) < 4.78 is 5.52. The maximum atomic E-state index is 11.9. The van der Waals surface area contributed by atoms with Crippen molar-refractivity contribution in [2.24, 2.45) is 5.73 Å². The molecule has 0 aliphatic carbocycles. The molecule has 1 aromatic carbocycles. The van der Waals surface area contributed by atoms with Crippen LogP contribution in [0, 0.1) is 0 Å². The third-order valence-electron chi connectivity index (χ3n) is 2.78. The van der Waals surface area contributed by atoms with E-state index in [2.05, 4.69) is 19.2 Å². The standard InChI is InChI=1S/C15H24N2O2/c1-3-5-9-14(16)15(18)17-12-7-6-8-13(11-12)19-10-4-2/h6-8,11,14H,3-5,9-10,16H2,1-2H3,(H,17,18)/t14-/m0/s1. The Morgan fingerprint density at radius 3 is 2.84 bits per heavy atom. The van der Waals surface area contributed by atoms with Crippen molar-refractivity contribution in [2.45, 2.75) is 45.6 Å². The molecule has 0 bridgehead atoms. The highest BCUT2D eigenvalue weighted by Crippen LogP contribution is 2.17. The van der Waals surface area contributed by atoms with Gasteiger partial charge in [-0.2, -0.15) is 0 Å². The number of nitrogens with two attached hydrogens (primary N) is 1. The zero-order valence-electron chi connectivity index (χ0n) is 11.8. The molecule has 0 spiro atoms. The second-order valence-electron chi connectivity index (χ2n) is 4.61. The molecule has 1 amide bonds. The van der Waals surface area contributed by atoms with Gasteiger partial charge in [-0.05, 0) is 25.0 Å². The van der Waals surface area contributed by atoms with Crippen LogP contribution < -0.4 is 15.8 Å². The third-order valence-corrected chi connectivity index (χ3v) is 2.78. The molecule has 0 fully saturated rings. The molecule has 19 heavy (non-hydrogen) atoms. The van der Waals surface area contributed by atoms with Crippen molar-refractivity contribution in [3.8, 4) is 5.75 Å². The van der Waals surface area contributed by atoms with Gasteiger partial charge >= 0.3 is 0 Å². The molecule has 1 rings (SSSR count). The normalized spacial score (nSPS) is 11.9. The summed E-state index contributed by atoms with van der Waals surface area (Å²) >= 11 is 0. The van der Waals surface area contributed by atoms with Crippen LogP contribution in [0.1, 0.15) is 39.5 Å². The van der Waals surface area contributed by atoms with E-state index < -0.39 is 6.04 Å². The first-order chi connectivity index (χ1) is 9.17. The number of benzene rings is 1. The molecule has 0 aliphatic rings. The molecule has 0 aromatic heterocycles. The number of nitrogens with one attached hydrogen (secondary N) is 1. The van der Waals surface area contributed by atoms with Crippen molar-refractivity contribution in [3.63, 3.8) is 0 Å². The van der Waals surface area contributed by atoms with Gasteiger partial charge in [0, 0.05) is 11.8 Å². The molecule has 0 saturated carbocycles. The first-order valence-electron chi connectivity index (χ1n) is 6.96. The van der Waals surface area contributed by atoms with Crippen LogP contribution in [0.3, 0.4) is 0 Å². The number of hydrogen-bond donors (Lipinski definition) is 2. The van der Waals surface area contributed by atoms with Crippen molar-refractivity contribution in [2.75, 3.05) is 11.9 Å². The number of rotatable bonds is 8. The van der Waals surface area contributed by atoms with E-state index in [0.717, 1.165) is 30.7 Å². The Bertz CT molecular complexity index is 393. The lowest BCUT2D eigenvalue weighted by Gasteiger charge is -2.12. The Labute approximate surface area is 115 Å². The van der Waals surface area contributed by atoms with Crippen LogP contribution >= 0.6 is 0 Å². The predicted octanol–water partition coefficient (Wildman–Crippen LogP) is 2.93. The Morgan fingerprint density at radius 1 is 1.37 bits per heavy atom. The average molecular weight is 264 g/mol. The van der Waals surface area contributed by atoms with Crippen molar-refractivity contribution < 1.29 is 9.53 Å². The van der Waals surface area contributed by atoms with E-state index in [0.29, 0.717) is 13.0 Å². The summed E-state index contributed by atoms with van der Waals surface area (Å²) in [5.74, 6) is 0.628. The van der Waals surface area contributed by atoms with E-state index in [1.807, 2.05) is 24.3 Å². The van der Waals surface area contributed by atoms with Crippen LogP contribution in [0.15, 0.2) is 24.3 Å². The molecule has 0 saturated heterocycles. The van der Waals surface area contributed by atoms with E-state index in [1.165, 1.54) is 0 Å². The maximum absolute atomic E-state index is 11.9. The Morgan fingerprint density at radius 2 is 2.16 bits per heavy atom. The fourth-order valence-electron chi connectivity index (χ4n) is 1.67. The minimum absolute atomic E-state index is 0.138. The van der Waals surface area contributed by atoms with Gasteiger partial charge in [0.25, 0.3) is 0 Å². The fourth-order valence-corrected chi connectivity index (χ4v) is 1.67. The third kappa shape index (κ3) is 5.75. The van der Waals surface area contributed by atoms with Gasteiger partial charge in [0.2, 0.25) is 5.91 Å². The summed E-state index contributed by atoms with van der Waals surface area (Å²) in [7, 11) is 0. The van der Waals surface area contributed by atoms with Crippen LogP contribution in [-0.2, 0) is 4.79 Å². The van der Waals surface area contributed by atoms with Gasteiger partial charge in [0.1, 0.15) is 5.75 Å². The van der Waals surface area contributed by atoms with Crippen molar-refractivity contribution in [3.05, 3.63) is 24.3 Å².